The van der Waals surface area contributed by atoms with Crippen molar-refractivity contribution in [2.75, 3.05) is 33.2 Å². The Bertz CT molecular complexity index is 536. The lowest BCUT2D eigenvalue weighted by molar-refractivity contribution is -0.145. The lowest BCUT2D eigenvalue weighted by Gasteiger charge is -2.48. The summed E-state index contributed by atoms with van der Waals surface area (Å²) in [6, 6.07) is 0. The third kappa shape index (κ3) is 2.49. The topological polar surface area (TPSA) is 52.7 Å². The molecular formula is C18H27N3O2. The number of amides is 2. The van der Waals surface area contributed by atoms with Crippen molar-refractivity contribution in [3.05, 3.63) is 12.2 Å². The summed E-state index contributed by atoms with van der Waals surface area (Å²) in [4.78, 5) is 29.2. The van der Waals surface area contributed by atoms with Crippen LogP contribution in [0.5, 0.6) is 0 Å². The van der Waals surface area contributed by atoms with Crippen LogP contribution in [-0.2, 0) is 9.59 Å². The first-order valence-corrected chi connectivity index (χ1v) is 9.04. The quantitative estimate of drug-likeness (QED) is 0.774. The van der Waals surface area contributed by atoms with Crippen LogP contribution in [0.2, 0.25) is 0 Å². The molecular weight excluding hydrogens is 290 g/mol. The number of rotatable bonds is 2. The van der Waals surface area contributed by atoms with Crippen molar-refractivity contribution in [2.24, 2.45) is 17.8 Å². The van der Waals surface area contributed by atoms with Gasteiger partial charge in [-0.15, -0.1) is 0 Å². The van der Waals surface area contributed by atoms with E-state index in [2.05, 4.69) is 22.4 Å². The predicted molar refractivity (Wildman–Crippen MR) is 87.6 cm³/mol. The van der Waals surface area contributed by atoms with E-state index in [0.717, 1.165) is 31.8 Å². The normalized spacial score (nSPS) is 35.8. The molecule has 3 atom stereocenters. The minimum Gasteiger partial charge on any atom is -0.353 e. The third-order valence-electron chi connectivity index (χ3n) is 6.68. The van der Waals surface area contributed by atoms with Crippen LogP contribution >= 0.6 is 0 Å². The van der Waals surface area contributed by atoms with E-state index in [1.165, 1.54) is 12.8 Å². The molecule has 5 nitrogen and oxygen atoms in total. The Morgan fingerprint density at radius 1 is 1.26 bits per heavy atom. The van der Waals surface area contributed by atoms with Crippen molar-refractivity contribution >= 4 is 11.8 Å². The lowest BCUT2D eigenvalue weighted by Crippen LogP contribution is -2.67. The number of allylic oxidation sites excluding steroid dienone is 2. The number of carbonyl (C=O) groups is 2. The molecule has 0 aromatic carbocycles. The van der Waals surface area contributed by atoms with Gasteiger partial charge in [-0.2, -0.15) is 0 Å². The van der Waals surface area contributed by atoms with E-state index in [-0.39, 0.29) is 11.4 Å². The van der Waals surface area contributed by atoms with Crippen LogP contribution in [0.25, 0.3) is 0 Å². The number of likely N-dealkylation sites (N-methyl/N-ethyl adjacent to an activating group) is 1. The van der Waals surface area contributed by atoms with E-state index in [4.69, 9.17) is 0 Å². The minimum absolute atomic E-state index is 0.150. The molecule has 2 saturated heterocycles. The van der Waals surface area contributed by atoms with Gasteiger partial charge in [0.2, 0.25) is 11.8 Å². The summed E-state index contributed by atoms with van der Waals surface area (Å²) in [6.45, 7) is 3.06. The Labute approximate surface area is 138 Å². The first kappa shape index (κ1) is 15.2. The second kappa shape index (κ2) is 5.62. The molecule has 2 aliphatic heterocycles. The smallest absolute Gasteiger partial charge is 0.240 e. The van der Waals surface area contributed by atoms with Crippen molar-refractivity contribution in [3.63, 3.8) is 0 Å². The highest BCUT2D eigenvalue weighted by Gasteiger charge is 2.47. The zero-order valence-electron chi connectivity index (χ0n) is 14.0. The zero-order valence-corrected chi connectivity index (χ0v) is 14.0. The fraction of sp³-hybridized carbons (Fsp3) is 0.778. The number of piperidine rings is 1. The molecule has 0 unspecified atom stereocenters. The summed E-state index contributed by atoms with van der Waals surface area (Å²) < 4.78 is 0. The molecule has 3 fully saturated rings. The molecule has 2 aliphatic carbocycles. The summed E-state index contributed by atoms with van der Waals surface area (Å²) in [5, 5.41) is 3.00. The second-order valence-electron chi connectivity index (χ2n) is 7.83. The van der Waals surface area contributed by atoms with Gasteiger partial charge in [0.05, 0.1) is 0 Å². The van der Waals surface area contributed by atoms with E-state index in [1.807, 2.05) is 11.9 Å². The number of nitrogens with zero attached hydrogens (tertiary/aromatic N) is 2. The van der Waals surface area contributed by atoms with Gasteiger partial charge in [0.15, 0.2) is 0 Å². The Morgan fingerprint density at radius 2 is 2.04 bits per heavy atom. The van der Waals surface area contributed by atoms with Gasteiger partial charge in [-0.1, -0.05) is 12.2 Å². The van der Waals surface area contributed by atoms with E-state index in [9.17, 15) is 9.59 Å². The van der Waals surface area contributed by atoms with Crippen LogP contribution < -0.4 is 5.32 Å². The largest absolute Gasteiger partial charge is 0.353 e. The highest BCUT2D eigenvalue weighted by atomic mass is 16.2. The van der Waals surface area contributed by atoms with Gasteiger partial charge in [0.1, 0.15) is 5.54 Å². The average Bonchev–Trinajstić information content (AvgIpc) is 3.16. The van der Waals surface area contributed by atoms with Gasteiger partial charge in [-0.05, 0) is 50.5 Å². The molecule has 2 bridgehead atoms. The molecule has 2 amide bonds. The summed E-state index contributed by atoms with van der Waals surface area (Å²) in [5.74, 6) is 2.35. The van der Waals surface area contributed by atoms with Crippen LogP contribution in [0.1, 0.15) is 32.1 Å². The van der Waals surface area contributed by atoms with Crippen molar-refractivity contribution in [1.29, 1.82) is 0 Å². The molecule has 1 spiro atoms. The molecule has 4 aliphatic rings. The number of likely N-dealkylation sites (tertiary alicyclic amines) is 1. The van der Waals surface area contributed by atoms with Crippen LogP contribution in [0.15, 0.2) is 12.2 Å². The number of carbonyl (C=O) groups excluding carboxylic acids is 2. The minimum atomic E-state index is -0.385. The Hall–Kier alpha value is -1.36. The predicted octanol–water partition coefficient (Wildman–Crippen LogP) is 1.01. The third-order valence-corrected chi connectivity index (χ3v) is 6.68. The molecule has 2 heterocycles. The average molecular weight is 317 g/mol. The van der Waals surface area contributed by atoms with Gasteiger partial charge in [-0.25, -0.2) is 0 Å². The summed E-state index contributed by atoms with van der Waals surface area (Å²) in [7, 11) is 2.04. The molecule has 0 aromatic rings. The molecule has 23 heavy (non-hydrogen) atoms. The van der Waals surface area contributed by atoms with Crippen molar-refractivity contribution < 1.29 is 9.59 Å². The number of hydrogen-bond acceptors (Lipinski definition) is 3. The number of hydrogen-bond donors (Lipinski definition) is 1. The van der Waals surface area contributed by atoms with Crippen molar-refractivity contribution in [3.8, 4) is 0 Å². The van der Waals surface area contributed by atoms with Crippen LogP contribution in [0, 0.1) is 17.8 Å². The zero-order chi connectivity index (χ0) is 16.0. The second-order valence-corrected chi connectivity index (χ2v) is 7.83. The first-order valence-electron chi connectivity index (χ1n) is 9.04. The van der Waals surface area contributed by atoms with Crippen molar-refractivity contribution in [2.45, 2.75) is 37.6 Å². The Kier molecular flexibility index (Phi) is 3.71. The molecule has 5 heteroatoms. The number of fused-ring (bicyclic) bond motifs is 2. The standard InChI is InChI=1S/C18H27N3O2/c1-20-9-6-19-17(23)18(20)4-7-21(8-5-18)16(22)12-15-11-13-2-3-14(15)10-13/h2-3,13-15H,4-12H2,1H3,(H,19,23)/t13-,14+,15+/m1/s1. The first-order chi connectivity index (χ1) is 11.1. The van der Waals surface area contributed by atoms with Gasteiger partial charge in [-0.3, -0.25) is 14.5 Å². The van der Waals surface area contributed by atoms with Gasteiger partial charge >= 0.3 is 0 Å². The summed E-state index contributed by atoms with van der Waals surface area (Å²) in [6.07, 6.45) is 9.31. The van der Waals surface area contributed by atoms with Crippen LogP contribution in [-0.4, -0.2) is 60.4 Å². The highest BCUT2D eigenvalue weighted by molar-refractivity contribution is 5.87. The summed E-state index contributed by atoms with van der Waals surface area (Å²) in [5.41, 5.74) is -0.385. The van der Waals surface area contributed by atoms with Crippen LogP contribution in [0.4, 0.5) is 0 Å². The maximum absolute atomic E-state index is 12.7. The van der Waals surface area contributed by atoms with Crippen LogP contribution in [0.3, 0.4) is 0 Å². The Balaban J connectivity index is 1.35. The lowest BCUT2D eigenvalue weighted by atomic mass is 9.83. The van der Waals surface area contributed by atoms with Gasteiger partial charge < -0.3 is 10.2 Å². The Morgan fingerprint density at radius 3 is 2.65 bits per heavy atom. The van der Waals surface area contributed by atoms with E-state index >= 15 is 0 Å². The molecule has 0 aromatic heterocycles. The fourth-order valence-corrected chi connectivity index (χ4v) is 5.11. The van der Waals surface area contributed by atoms with E-state index < -0.39 is 0 Å². The maximum Gasteiger partial charge on any atom is 0.240 e. The molecule has 1 saturated carbocycles. The van der Waals surface area contributed by atoms with Gasteiger partial charge in [0, 0.05) is 32.6 Å². The van der Waals surface area contributed by atoms with E-state index in [0.29, 0.717) is 37.3 Å². The number of piperazine rings is 1. The maximum atomic E-state index is 12.7. The monoisotopic (exact) mass is 317 g/mol. The molecule has 0 radical (unpaired) electrons. The molecule has 126 valence electrons. The van der Waals surface area contributed by atoms with Gasteiger partial charge in [0.25, 0.3) is 0 Å². The molecule has 4 rings (SSSR count). The fourth-order valence-electron chi connectivity index (χ4n) is 5.11. The SMILES string of the molecule is CN1CCNC(=O)C12CCN(C(=O)C[C@@H]1C[C@@H]3C=C[C@H]1C3)CC2. The summed E-state index contributed by atoms with van der Waals surface area (Å²) >= 11 is 0. The number of nitrogens with one attached hydrogen (secondary N) is 1. The molecule has 1 N–H and O–H groups in total. The highest BCUT2D eigenvalue weighted by Crippen LogP contribution is 2.45. The van der Waals surface area contributed by atoms with Crippen molar-refractivity contribution in [1.82, 2.24) is 15.1 Å². The van der Waals surface area contributed by atoms with E-state index in [1.54, 1.807) is 0 Å².